The molecule has 11 heteroatoms. The van der Waals surface area contributed by atoms with Crippen molar-refractivity contribution in [1.29, 1.82) is 0 Å². The average molecular weight is 480 g/mol. The first kappa shape index (κ1) is 24.1. The van der Waals surface area contributed by atoms with E-state index in [9.17, 15) is 0 Å². The summed E-state index contributed by atoms with van der Waals surface area (Å²) >= 11 is 0. The molecule has 0 aliphatic carbocycles. The highest BCUT2D eigenvalue weighted by Gasteiger charge is 2.06. The molecular formula is C25H25N11. The van der Waals surface area contributed by atoms with Crippen molar-refractivity contribution in [3.8, 4) is 0 Å². The zero-order chi connectivity index (χ0) is 25.2. The predicted octanol–water partition coefficient (Wildman–Crippen LogP) is 4.17. The van der Waals surface area contributed by atoms with Crippen LogP contribution in [0.5, 0.6) is 0 Å². The molecule has 0 saturated heterocycles. The van der Waals surface area contributed by atoms with Crippen LogP contribution >= 0.6 is 0 Å². The van der Waals surface area contributed by atoms with E-state index in [1.165, 1.54) is 0 Å². The third kappa shape index (κ3) is 6.73. The van der Waals surface area contributed by atoms with Gasteiger partial charge in [0.2, 0.25) is 5.95 Å². The van der Waals surface area contributed by atoms with Crippen LogP contribution < -0.4 is 16.3 Å². The van der Waals surface area contributed by atoms with Crippen LogP contribution in [0, 0.1) is 0 Å². The number of aromatic nitrogens is 5. The quantitative estimate of drug-likeness (QED) is 0.240. The van der Waals surface area contributed by atoms with Crippen molar-refractivity contribution in [2.24, 2.45) is 15.3 Å². The van der Waals surface area contributed by atoms with E-state index in [2.05, 4.69) is 56.5 Å². The first-order valence-corrected chi connectivity index (χ1v) is 11.1. The van der Waals surface area contributed by atoms with Crippen molar-refractivity contribution in [2.75, 3.05) is 16.3 Å². The Balaban J connectivity index is 1.58. The van der Waals surface area contributed by atoms with Gasteiger partial charge in [-0.05, 0) is 57.2 Å². The van der Waals surface area contributed by atoms with E-state index >= 15 is 0 Å². The van der Waals surface area contributed by atoms with Gasteiger partial charge in [-0.3, -0.25) is 25.8 Å². The highest BCUT2D eigenvalue weighted by Crippen LogP contribution is 2.16. The molecule has 0 amide bonds. The van der Waals surface area contributed by atoms with Crippen molar-refractivity contribution in [3.05, 3.63) is 96.3 Å². The van der Waals surface area contributed by atoms with Gasteiger partial charge < -0.3 is 0 Å². The van der Waals surface area contributed by atoms with Crippen LogP contribution in [0.15, 0.2) is 94.9 Å². The summed E-state index contributed by atoms with van der Waals surface area (Å²) in [7, 11) is 0. The molecule has 0 fully saturated rings. The smallest absolute Gasteiger partial charge is 0.247 e. The lowest BCUT2D eigenvalue weighted by Gasteiger charge is -2.09. The highest BCUT2D eigenvalue weighted by molar-refractivity contribution is 6.00. The second-order valence-corrected chi connectivity index (χ2v) is 7.60. The third-order valence-electron chi connectivity index (χ3n) is 5.02. The molecule has 4 aromatic heterocycles. The molecule has 0 aliphatic rings. The normalized spacial score (nSPS) is 12.2. The lowest BCUT2D eigenvalue weighted by atomic mass is 10.2. The Morgan fingerprint density at radius 2 is 0.861 bits per heavy atom. The van der Waals surface area contributed by atoms with Gasteiger partial charge in [0.15, 0.2) is 11.6 Å². The van der Waals surface area contributed by atoms with Gasteiger partial charge in [0.25, 0.3) is 0 Å². The molecular weight excluding hydrogens is 454 g/mol. The molecule has 36 heavy (non-hydrogen) atoms. The fraction of sp³-hybridized carbons (Fsp3) is 0.120. The number of nitrogens with zero attached hydrogens (tertiary/aromatic N) is 8. The van der Waals surface area contributed by atoms with Gasteiger partial charge in [0, 0.05) is 59.9 Å². The van der Waals surface area contributed by atoms with Gasteiger partial charge >= 0.3 is 0 Å². The summed E-state index contributed by atoms with van der Waals surface area (Å²) in [4.78, 5) is 21.1. The van der Waals surface area contributed by atoms with E-state index in [0.717, 1.165) is 33.8 Å². The summed E-state index contributed by atoms with van der Waals surface area (Å²) in [5, 5.41) is 13.3. The molecule has 4 rings (SSSR count). The minimum absolute atomic E-state index is 0.268. The molecule has 3 N–H and O–H groups in total. The molecule has 11 nitrogen and oxygen atoms in total. The Kier molecular flexibility index (Phi) is 7.95. The topological polar surface area (TPSA) is 138 Å². The number of rotatable bonds is 9. The van der Waals surface area contributed by atoms with Gasteiger partial charge in [-0.25, -0.2) is 5.43 Å². The fourth-order valence-corrected chi connectivity index (χ4v) is 3.00. The highest BCUT2D eigenvalue weighted by atomic mass is 15.4. The summed E-state index contributed by atoms with van der Waals surface area (Å²) < 4.78 is 0. The Morgan fingerprint density at radius 1 is 0.528 bits per heavy atom. The predicted molar refractivity (Wildman–Crippen MR) is 142 cm³/mol. The minimum Gasteiger partial charge on any atom is -0.265 e. The fourth-order valence-electron chi connectivity index (χ4n) is 3.00. The Morgan fingerprint density at radius 3 is 1.22 bits per heavy atom. The van der Waals surface area contributed by atoms with Crippen molar-refractivity contribution >= 4 is 34.7 Å². The number of hydrazone groups is 3. The second-order valence-electron chi connectivity index (χ2n) is 7.60. The SMILES string of the molecule is CC(=NNc1cc(NN=C(C)c2ccncc2)nc(NN=C(C)c2ccncc2)n1)c1ccncc1. The zero-order valence-electron chi connectivity index (χ0n) is 20.1. The van der Waals surface area contributed by atoms with Crippen LogP contribution in [0.1, 0.15) is 37.5 Å². The van der Waals surface area contributed by atoms with E-state index in [1.807, 2.05) is 57.2 Å². The first-order chi connectivity index (χ1) is 17.6. The van der Waals surface area contributed by atoms with Gasteiger partial charge in [-0.2, -0.15) is 25.3 Å². The van der Waals surface area contributed by atoms with Crippen molar-refractivity contribution in [2.45, 2.75) is 20.8 Å². The van der Waals surface area contributed by atoms with Gasteiger partial charge in [0.05, 0.1) is 17.1 Å². The van der Waals surface area contributed by atoms with Crippen molar-refractivity contribution in [1.82, 2.24) is 24.9 Å². The summed E-state index contributed by atoms with van der Waals surface area (Å²) in [6.07, 6.45) is 10.3. The van der Waals surface area contributed by atoms with Crippen LogP contribution in [0.4, 0.5) is 17.6 Å². The molecule has 0 radical (unpaired) electrons. The number of anilines is 3. The van der Waals surface area contributed by atoms with Gasteiger partial charge in [-0.1, -0.05) is 0 Å². The molecule has 0 saturated carbocycles. The largest absolute Gasteiger partial charge is 0.265 e. The molecule has 0 bridgehead atoms. The van der Waals surface area contributed by atoms with E-state index in [0.29, 0.717) is 11.6 Å². The number of nitrogens with one attached hydrogen (secondary N) is 3. The maximum atomic E-state index is 4.48. The third-order valence-corrected chi connectivity index (χ3v) is 5.02. The number of pyridine rings is 3. The maximum Gasteiger partial charge on any atom is 0.247 e. The molecule has 0 aromatic carbocycles. The van der Waals surface area contributed by atoms with Crippen LogP contribution in [-0.4, -0.2) is 42.1 Å². The number of hydrogen-bond acceptors (Lipinski definition) is 11. The molecule has 0 atom stereocenters. The Labute approximate surface area is 208 Å². The molecule has 4 heterocycles. The monoisotopic (exact) mass is 479 g/mol. The van der Waals surface area contributed by atoms with E-state index in [4.69, 9.17) is 0 Å². The van der Waals surface area contributed by atoms with Crippen LogP contribution in [0.2, 0.25) is 0 Å². The van der Waals surface area contributed by atoms with Gasteiger partial charge in [0.1, 0.15) is 0 Å². The van der Waals surface area contributed by atoms with E-state index in [-0.39, 0.29) is 5.95 Å². The minimum atomic E-state index is 0.268. The molecule has 180 valence electrons. The van der Waals surface area contributed by atoms with Crippen molar-refractivity contribution < 1.29 is 0 Å². The van der Waals surface area contributed by atoms with Crippen LogP contribution in [0.3, 0.4) is 0 Å². The zero-order valence-corrected chi connectivity index (χ0v) is 20.1. The summed E-state index contributed by atoms with van der Waals surface area (Å²) in [5.41, 5.74) is 14.0. The maximum absolute atomic E-state index is 4.48. The summed E-state index contributed by atoms with van der Waals surface area (Å²) in [6.45, 7) is 5.67. The Bertz CT molecular complexity index is 1190. The molecule has 0 spiro atoms. The van der Waals surface area contributed by atoms with Gasteiger partial charge in [-0.15, -0.1) is 0 Å². The average Bonchev–Trinajstić information content (AvgIpc) is 2.94. The number of hydrogen-bond donors (Lipinski definition) is 3. The van der Waals surface area contributed by atoms with E-state index in [1.54, 1.807) is 43.2 Å². The molecule has 0 unspecified atom stereocenters. The lowest BCUT2D eigenvalue weighted by Crippen LogP contribution is -2.07. The summed E-state index contributed by atoms with van der Waals surface area (Å²) in [5.74, 6) is 1.18. The first-order valence-electron chi connectivity index (χ1n) is 11.1. The van der Waals surface area contributed by atoms with Crippen molar-refractivity contribution in [3.63, 3.8) is 0 Å². The lowest BCUT2D eigenvalue weighted by molar-refractivity contribution is 1.08. The summed E-state index contributed by atoms with van der Waals surface area (Å²) in [6, 6.07) is 13.0. The standard InChI is InChI=1S/C25H25N11/c1-17(20-4-10-26-11-5-20)31-34-23-16-24(35-32-18(2)21-6-12-27-13-7-21)30-25(29-23)36-33-19(3)22-8-14-28-15-9-22/h4-16H,1-3H3,(H3,29,30,34,35,36). The van der Waals surface area contributed by atoms with E-state index < -0.39 is 0 Å². The Hall–Kier alpha value is -5.06. The second kappa shape index (κ2) is 11.9. The van der Waals surface area contributed by atoms with Crippen LogP contribution in [0.25, 0.3) is 0 Å². The van der Waals surface area contributed by atoms with Crippen LogP contribution in [-0.2, 0) is 0 Å². The molecule has 4 aromatic rings. The molecule has 0 aliphatic heterocycles.